The van der Waals surface area contributed by atoms with Gasteiger partial charge < -0.3 is 18.9 Å². The Morgan fingerprint density at radius 3 is 1.29 bits per heavy atom. The van der Waals surface area contributed by atoms with Gasteiger partial charge in [0, 0.05) is 0 Å². The van der Waals surface area contributed by atoms with Gasteiger partial charge in [-0.25, -0.2) is 16.8 Å². The van der Waals surface area contributed by atoms with E-state index in [1.165, 1.54) is 77.0 Å². The smallest absolute Gasteiger partial charge is 0.265 e. The summed E-state index contributed by atoms with van der Waals surface area (Å²) in [6, 6.07) is 14.7. The van der Waals surface area contributed by atoms with Crippen molar-refractivity contribution in [3.05, 3.63) is 60.7 Å². The summed E-state index contributed by atoms with van der Waals surface area (Å²) in [5.74, 6) is 0.581. The molecule has 0 saturated carbocycles. The van der Waals surface area contributed by atoms with Crippen LogP contribution in [0.5, 0.6) is 23.0 Å². The Kier molecular flexibility index (Phi) is 7.42. The van der Waals surface area contributed by atoms with Crippen molar-refractivity contribution in [2.24, 2.45) is 0 Å². The molecule has 0 aromatic heterocycles. The second kappa shape index (κ2) is 10.1. The maximum Gasteiger partial charge on any atom is 0.265 e. The lowest BCUT2D eigenvalue weighted by atomic mass is 10.3. The molecule has 0 spiro atoms. The molecule has 3 aromatic rings. The Bertz CT molecular complexity index is 1290. The van der Waals surface area contributed by atoms with Crippen LogP contribution in [0.2, 0.25) is 0 Å². The minimum atomic E-state index is -4.09. The molecule has 12 heteroatoms. The van der Waals surface area contributed by atoms with Gasteiger partial charge in [0.2, 0.25) is 0 Å². The third-order valence-electron chi connectivity index (χ3n) is 4.68. The SMILES string of the molecule is COc1cccc(S(=O)(=O)Nc2cccc(NS(=O)(=O)c3cccc(OC)c3OC)c2)c1OC. The van der Waals surface area contributed by atoms with Crippen molar-refractivity contribution in [3.63, 3.8) is 0 Å². The first-order chi connectivity index (χ1) is 16.2. The molecule has 34 heavy (non-hydrogen) atoms. The number of nitrogens with one attached hydrogen (secondary N) is 2. The number of sulfonamides is 2. The highest BCUT2D eigenvalue weighted by Gasteiger charge is 2.24. The molecule has 0 fully saturated rings. The van der Waals surface area contributed by atoms with Crippen molar-refractivity contribution in [2.45, 2.75) is 9.79 Å². The van der Waals surface area contributed by atoms with Crippen molar-refractivity contribution in [3.8, 4) is 23.0 Å². The van der Waals surface area contributed by atoms with E-state index in [-0.39, 0.29) is 44.2 Å². The van der Waals surface area contributed by atoms with Gasteiger partial charge in [-0.05, 0) is 42.5 Å². The number of hydrogen-bond acceptors (Lipinski definition) is 8. The summed E-state index contributed by atoms with van der Waals surface area (Å²) in [5, 5.41) is 0. The van der Waals surface area contributed by atoms with Gasteiger partial charge in [-0.1, -0.05) is 18.2 Å². The first kappa shape index (κ1) is 25.0. The van der Waals surface area contributed by atoms with Gasteiger partial charge in [-0.3, -0.25) is 9.44 Å². The Labute approximate surface area is 198 Å². The van der Waals surface area contributed by atoms with Crippen LogP contribution >= 0.6 is 0 Å². The lowest BCUT2D eigenvalue weighted by molar-refractivity contribution is 0.347. The fourth-order valence-corrected chi connectivity index (χ4v) is 5.67. The predicted molar refractivity (Wildman–Crippen MR) is 127 cm³/mol. The van der Waals surface area contributed by atoms with Crippen LogP contribution in [0.1, 0.15) is 0 Å². The number of benzene rings is 3. The number of para-hydroxylation sites is 2. The molecule has 0 amide bonds. The third kappa shape index (κ3) is 5.13. The molecule has 2 N–H and O–H groups in total. The lowest BCUT2D eigenvalue weighted by Gasteiger charge is -2.16. The molecule has 0 aliphatic carbocycles. The summed E-state index contributed by atoms with van der Waals surface area (Å²) in [4.78, 5) is -0.275. The Balaban J connectivity index is 1.92. The minimum Gasteiger partial charge on any atom is -0.493 e. The molecule has 0 saturated heterocycles. The van der Waals surface area contributed by atoms with E-state index in [0.717, 1.165) is 0 Å². The first-order valence-electron chi connectivity index (χ1n) is 9.74. The number of anilines is 2. The number of rotatable bonds is 10. The molecule has 0 radical (unpaired) electrons. The first-order valence-corrected chi connectivity index (χ1v) is 12.7. The summed E-state index contributed by atoms with van der Waals surface area (Å²) >= 11 is 0. The molecule has 0 heterocycles. The second-order valence-electron chi connectivity index (χ2n) is 6.78. The second-order valence-corrected chi connectivity index (χ2v) is 10.1. The van der Waals surface area contributed by atoms with E-state index < -0.39 is 20.0 Å². The molecule has 0 unspecified atom stereocenters. The van der Waals surface area contributed by atoms with Crippen LogP contribution in [-0.2, 0) is 20.0 Å². The fraction of sp³-hybridized carbons (Fsp3) is 0.182. The van der Waals surface area contributed by atoms with E-state index in [2.05, 4.69) is 9.44 Å². The van der Waals surface area contributed by atoms with Crippen LogP contribution < -0.4 is 28.4 Å². The Morgan fingerprint density at radius 1 is 0.559 bits per heavy atom. The summed E-state index contributed by atoms with van der Waals surface area (Å²) in [6.07, 6.45) is 0. The summed E-state index contributed by atoms with van der Waals surface area (Å²) in [6.45, 7) is 0. The molecule has 3 aromatic carbocycles. The van der Waals surface area contributed by atoms with Crippen molar-refractivity contribution in [2.75, 3.05) is 37.9 Å². The molecule has 0 aliphatic rings. The van der Waals surface area contributed by atoms with Crippen molar-refractivity contribution in [1.29, 1.82) is 0 Å². The lowest BCUT2D eigenvalue weighted by Crippen LogP contribution is -2.16. The van der Waals surface area contributed by atoms with E-state index in [1.54, 1.807) is 12.1 Å². The fourth-order valence-electron chi connectivity index (χ4n) is 3.20. The molecule has 182 valence electrons. The third-order valence-corrected chi connectivity index (χ3v) is 7.49. The summed E-state index contributed by atoms with van der Waals surface area (Å²) in [5.41, 5.74) is 0.255. The number of methoxy groups -OCH3 is 4. The van der Waals surface area contributed by atoms with Gasteiger partial charge in [0.1, 0.15) is 9.79 Å². The van der Waals surface area contributed by atoms with Gasteiger partial charge in [-0.2, -0.15) is 0 Å². The standard InChI is InChI=1S/C22H24N2O8S2/c1-29-17-10-6-12-19(21(17)31-3)33(25,26)23-15-8-5-9-16(14-15)24-34(27,28)20-13-7-11-18(30-2)22(20)32-4/h5-14,23-24H,1-4H3. The van der Waals surface area contributed by atoms with Gasteiger partial charge in [0.15, 0.2) is 23.0 Å². The highest BCUT2D eigenvalue weighted by Crippen LogP contribution is 2.36. The van der Waals surface area contributed by atoms with Gasteiger partial charge in [0.25, 0.3) is 20.0 Å². The maximum atomic E-state index is 13.0. The van der Waals surface area contributed by atoms with E-state index in [0.29, 0.717) is 0 Å². The number of ether oxygens (including phenoxy) is 4. The zero-order chi connectivity index (χ0) is 24.9. The van der Waals surface area contributed by atoms with Gasteiger partial charge in [0.05, 0.1) is 39.8 Å². The normalized spacial score (nSPS) is 11.4. The predicted octanol–water partition coefficient (Wildman–Crippen LogP) is 3.32. The van der Waals surface area contributed by atoms with E-state index in [1.807, 2.05) is 0 Å². The average molecular weight is 509 g/mol. The summed E-state index contributed by atoms with van der Waals surface area (Å²) in [7, 11) is -2.72. The van der Waals surface area contributed by atoms with Crippen LogP contribution in [0.3, 0.4) is 0 Å². The van der Waals surface area contributed by atoms with Crippen molar-refractivity contribution < 1.29 is 35.8 Å². The molecule has 3 rings (SSSR count). The van der Waals surface area contributed by atoms with Crippen molar-refractivity contribution in [1.82, 2.24) is 0 Å². The minimum absolute atomic E-state index is 0.0412. The number of hydrogen-bond donors (Lipinski definition) is 2. The molecule has 0 aliphatic heterocycles. The quantitative estimate of drug-likeness (QED) is 0.427. The van der Waals surface area contributed by atoms with E-state index in [4.69, 9.17) is 18.9 Å². The Morgan fingerprint density at radius 2 is 0.941 bits per heavy atom. The average Bonchev–Trinajstić information content (AvgIpc) is 2.82. The zero-order valence-electron chi connectivity index (χ0n) is 18.9. The molecule has 10 nitrogen and oxygen atoms in total. The van der Waals surface area contributed by atoms with Crippen LogP contribution in [0.15, 0.2) is 70.5 Å². The van der Waals surface area contributed by atoms with Crippen LogP contribution in [-0.4, -0.2) is 45.3 Å². The molecular formula is C22H24N2O8S2. The van der Waals surface area contributed by atoms with E-state index in [9.17, 15) is 16.8 Å². The van der Waals surface area contributed by atoms with Crippen LogP contribution in [0, 0.1) is 0 Å². The molecule has 0 atom stereocenters. The Hall–Kier alpha value is -3.64. The highest BCUT2D eigenvalue weighted by atomic mass is 32.2. The topological polar surface area (TPSA) is 129 Å². The van der Waals surface area contributed by atoms with Crippen LogP contribution in [0.25, 0.3) is 0 Å². The van der Waals surface area contributed by atoms with E-state index >= 15 is 0 Å². The maximum absolute atomic E-state index is 13.0. The van der Waals surface area contributed by atoms with Crippen LogP contribution in [0.4, 0.5) is 11.4 Å². The van der Waals surface area contributed by atoms with Gasteiger partial charge >= 0.3 is 0 Å². The summed E-state index contributed by atoms with van der Waals surface area (Å²) < 4.78 is 77.6. The molecular weight excluding hydrogens is 484 g/mol. The largest absolute Gasteiger partial charge is 0.493 e. The van der Waals surface area contributed by atoms with Crippen molar-refractivity contribution >= 4 is 31.4 Å². The monoisotopic (exact) mass is 508 g/mol. The van der Waals surface area contributed by atoms with Gasteiger partial charge in [-0.15, -0.1) is 0 Å². The highest BCUT2D eigenvalue weighted by molar-refractivity contribution is 7.93. The zero-order valence-corrected chi connectivity index (χ0v) is 20.5. The molecule has 0 bridgehead atoms.